The topological polar surface area (TPSA) is 20.2 Å². The Morgan fingerprint density at radius 1 is 1.15 bits per heavy atom. The molecule has 0 aromatic heterocycles. The fourth-order valence-electron chi connectivity index (χ4n) is 1.71. The second-order valence-electron chi connectivity index (χ2n) is 4.07. The van der Waals surface area contributed by atoms with E-state index in [9.17, 15) is 5.11 Å². The molecule has 1 N–H and O–H groups in total. The zero-order valence-corrected chi connectivity index (χ0v) is 9.51. The molecule has 0 aromatic rings. The van der Waals surface area contributed by atoms with Crippen molar-refractivity contribution in [1.82, 2.24) is 0 Å². The molecular weight excluding hydrogens is 160 g/mol. The Balaban J connectivity index is 4.09. The Hall–Kier alpha value is -0.300. The van der Waals surface area contributed by atoms with Gasteiger partial charge in [0.2, 0.25) is 0 Å². The third-order valence-corrected chi connectivity index (χ3v) is 2.31. The van der Waals surface area contributed by atoms with E-state index in [0.29, 0.717) is 5.92 Å². The summed E-state index contributed by atoms with van der Waals surface area (Å²) in [5.41, 5.74) is 1.21. The number of rotatable bonds is 6. The van der Waals surface area contributed by atoms with Crippen LogP contribution in [0.5, 0.6) is 0 Å². The van der Waals surface area contributed by atoms with E-state index >= 15 is 0 Å². The molecule has 0 rings (SSSR count). The normalized spacial score (nSPS) is 13.1. The quantitative estimate of drug-likeness (QED) is 0.626. The Labute approximate surface area is 82.9 Å². The minimum Gasteiger partial charge on any atom is -0.389 e. The maximum atomic E-state index is 9.87. The van der Waals surface area contributed by atoms with Crippen molar-refractivity contribution in [2.75, 3.05) is 0 Å². The molecule has 1 unspecified atom stereocenters. The summed E-state index contributed by atoms with van der Waals surface area (Å²) in [5, 5.41) is 9.87. The van der Waals surface area contributed by atoms with E-state index in [4.69, 9.17) is 0 Å². The van der Waals surface area contributed by atoms with Crippen molar-refractivity contribution >= 4 is 0 Å². The van der Waals surface area contributed by atoms with Crippen LogP contribution in [0.2, 0.25) is 0 Å². The van der Waals surface area contributed by atoms with Gasteiger partial charge in [-0.25, -0.2) is 0 Å². The number of aliphatic hydroxyl groups is 1. The van der Waals surface area contributed by atoms with Gasteiger partial charge in [0.05, 0.1) is 6.10 Å². The SMILES string of the molecule is CCCC(CCC)C(O)C=C(C)C. The van der Waals surface area contributed by atoms with E-state index in [1.54, 1.807) is 0 Å². The minimum atomic E-state index is -0.232. The molecule has 0 aliphatic carbocycles. The van der Waals surface area contributed by atoms with Gasteiger partial charge < -0.3 is 5.11 Å². The van der Waals surface area contributed by atoms with Crippen molar-refractivity contribution in [2.24, 2.45) is 5.92 Å². The molecule has 1 heteroatoms. The summed E-state index contributed by atoms with van der Waals surface area (Å²) in [4.78, 5) is 0. The molecule has 13 heavy (non-hydrogen) atoms. The fourth-order valence-corrected chi connectivity index (χ4v) is 1.71. The van der Waals surface area contributed by atoms with Crippen LogP contribution in [-0.2, 0) is 0 Å². The molecular formula is C12H24O. The molecule has 0 heterocycles. The van der Waals surface area contributed by atoms with Crippen LogP contribution in [0.4, 0.5) is 0 Å². The van der Waals surface area contributed by atoms with Crippen molar-refractivity contribution in [1.29, 1.82) is 0 Å². The average molecular weight is 184 g/mol. The summed E-state index contributed by atoms with van der Waals surface area (Å²) >= 11 is 0. The molecule has 0 radical (unpaired) electrons. The van der Waals surface area contributed by atoms with Gasteiger partial charge in [-0.15, -0.1) is 0 Å². The molecule has 1 nitrogen and oxygen atoms in total. The predicted molar refractivity (Wildman–Crippen MR) is 58.7 cm³/mol. The molecule has 0 aliphatic rings. The molecule has 0 saturated carbocycles. The van der Waals surface area contributed by atoms with Crippen LogP contribution in [-0.4, -0.2) is 11.2 Å². The van der Waals surface area contributed by atoms with Gasteiger partial charge in [0.25, 0.3) is 0 Å². The first kappa shape index (κ1) is 12.7. The molecule has 0 bridgehead atoms. The molecule has 0 spiro atoms. The monoisotopic (exact) mass is 184 g/mol. The highest BCUT2D eigenvalue weighted by Crippen LogP contribution is 2.19. The van der Waals surface area contributed by atoms with Crippen LogP contribution in [0.25, 0.3) is 0 Å². The second kappa shape index (κ2) is 7.14. The maximum absolute atomic E-state index is 9.87. The average Bonchev–Trinajstić information content (AvgIpc) is 2.02. The van der Waals surface area contributed by atoms with Gasteiger partial charge in [0.15, 0.2) is 0 Å². The molecule has 0 aromatic carbocycles. The van der Waals surface area contributed by atoms with Gasteiger partial charge in [-0.05, 0) is 32.6 Å². The Bertz CT molecular complexity index is 139. The second-order valence-corrected chi connectivity index (χ2v) is 4.07. The third-order valence-electron chi connectivity index (χ3n) is 2.31. The van der Waals surface area contributed by atoms with Crippen molar-refractivity contribution in [3.8, 4) is 0 Å². The van der Waals surface area contributed by atoms with Gasteiger partial charge in [-0.2, -0.15) is 0 Å². The fraction of sp³-hybridized carbons (Fsp3) is 0.833. The number of aliphatic hydroxyl groups excluding tert-OH is 1. The summed E-state index contributed by atoms with van der Waals surface area (Å²) in [6, 6.07) is 0. The zero-order valence-electron chi connectivity index (χ0n) is 9.51. The van der Waals surface area contributed by atoms with Gasteiger partial charge in [0, 0.05) is 0 Å². The molecule has 78 valence electrons. The van der Waals surface area contributed by atoms with E-state index < -0.39 is 0 Å². The summed E-state index contributed by atoms with van der Waals surface area (Å²) in [5.74, 6) is 0.463. The molecule has 0 aliphatic heterocycles. The molecule has 0 fully saturated rings. The Morgan fingerprint density at radius 3 is 1.92 bits per heavy atom. The van der Waals surface area contributed by atoms with E-state index in [2.05, 4.69) is 13.8 Å². The van der Waals surface area contributed by atoms with Crippen LogP contribution in [0.15, 0.2) is 11.6 Å². The van der Waals surface area contributed by atoms with Crippen LogP contribution in [0, 0.1) is 5.92 Å². The van der Waals surface area contributed by atoms with E-state index in [-0.39, 0.29) is 6.10 Å². The highest BCUT2D eigenvalue weighted by molar-refractivity contribution is 4.99. The van der Waals surface area contributed by atoms with Crippen LogP contribution >= 0.6 is 0 Å². The zero-order chi connectivity index (χ0) is 10.3. The lowest BCUT2D eigenvalue weighted by atomic mass is 9.91. The molecule has 0 saturated heterocycles. The first-order valence-electron chi connectivity index (χ1n) is 5.44. The largest absolute Gasteiger partial charge is 0.389 e. The predicted octanol–water partition coefficient (Wildman–Crippen LogP) is 3.53. The van der Waals surface area contributed by atoms with Gasteiger partial charge >= 0.3 is 0 Å². The summed E-state index contributed by atoms with van der Waals surface area (Å²) in [7, 11) is 0. The molecule has 1 atom stereocenters. The van der Waals surface area contributed by atoms with Gasteiger partial charge in [0.1, 0.15) is 0 Å². The van der Waals surface area contributed by atoms with E-state index in [1.807, 2.05) is 19.9 Å². The highest BCUT2D eigenvalue weighted by atomic mass is 16.3. The minimum absolute atomic E-state index is 0.232. The maximum Gasteiger partial charge on any atom is 0.0751 e. The lowest BCUT2D eigenvalue weighted by molar-refractivity contribution is 0.138. The van der Waals surface area contributed by atoms with Crippen molar-refractivity contribution in [3.63, 3.8) is 0 Å². The number of allylic oxidation sites excluding steroid dienone is 1. The summed E-state index contributed by atoms with van der Waals surface area (Å²) < 4.78 is 0. The van der Waals surface area contributed by atoms with Crippen LogP contribution < -0.4 is 0 Å². The van der Waals surface area contributed by atoms with Gasteiger partial charge in [-0.3, -0.25) is 0 Å². The summed E-state index contributed by atoms with van der Waals surface area (Å²) in [6.45, 7) is 8.44. The van der Waals surface area contributed by atoms with E-state index in [1.165, 1.54) is 18.4 Å². The van der Waals surface area contributed by atoms with Crippen LogP contribution in [0.3, 0.4) is 0 Å². The number of hydrogen-bond donors (Lipinski definition) is 1. The highest BCUT2D eigenvalue weighted by Gasteiger charge is 2.14. The van der Waals surface area contributed by atoms with Gasteiger partial charge in [-0.1, -0.05) is 38.3 Å². The van der Waals surface area contributed by atoms with Crippen molar-refractivity contribution in [2.45, 2.75) is 59.5 Å². The van der Waals surface area contributed by atoms with Crippen molar-refractivity contribution < 1.29 is 5.11 Å². The molecule has 0 amide bonds. The summed E-state index contributed by atoms with van der Waals surface area (Å²) in [6.07, 6.45) is 6.36. The smallest absolute Gasteiger partial charge is 0.0751 e. The standard InChI is InChI=1S/C12H24O/c1-5-7-11(8-6-2)12(13)9-10(3)4/h9,11-13H,5-8H2,1-4H3. The Kier molecular flexibility index (Phi) is 6.97. The number of hydrogen-bond acceptors (Lipinski definition) is 1. The lowest BCUT2D eigenvalue weighted by Gasteiger charge is -2.19. The van der Waals surface area contributed by atoms with Crippen LogP contribution in [0.1, 0.15) is 53.4 Å². The van der Waals surface area contributed by atoms with Crippen molar-refractivity contribution in [3.05, 3.63) is 11.6 Å². The van der Waals surface area contributed by atoms with E-state index in [0.717, 1.165) is 12.8 Å². The first-order valence-corrected chi connectivity index (χ1v) is 5.44. The Morgan fingerprint density at radius 2 is 1.62 bits per heavy atom. The first-order chi connectivity index (χ1) is 6.11. The lowest BCUT2D eigenvalue weighted by Crippen LogP contribution is -2.18. The third kappa shape index (κ3) is 5.87.